The summed E-state index contributed by atoms with van der Waals surface area (Å²) in [5, 5.41) is 2.73. The molecule has 0 radical (unpaired) electrons. The second kappa shape index (κ2) is 10.2. The molecule has 4 nitrogen and oxygen atoms in total. The van der Waals surface area contributed by atoms with Crippen LogP contribution in [0.4, 0.5) is 0 Å². The van der Waals surface area contributed by atoms with Crippen LogP contribution in [-0.2, 0) is 9.53 Å². The van der Waals surface area contributed by atoms with Gasteiger partial charge in [-0.2, -0.15) is 0 Å². The molecular weight excluding hydrogens is 216 g/mol. The molecule has 0 aromatic rings. The van der Waals surface area contributed by atoms with Crippen LogP contribution in [0.25, 0.3) is 0 Å². The Hall–Kier alpha value is -0.320. The molecule has 92 valence electrons. The molecule has 0 aromatic heterocycles. The van der Waals surface area contributed by atoms with Crippen LogP contribution in [0.5, 0.6) is 0 Å². The van der Waals surface area contributed by atoms with Crippen molar-refractivity contribution in [2.75, 3.05) is 19.8 Å². The lowest BCUT2D eigenvalue weighted by atomic mass is 10.0. The monoisotopic (exact) mass is 238 g/mol. The van der Waals surface area contributed by atoms with Gasteiger partial charge in [-0.25, -0.2) is 0 Å². The standard InChI is InChI=1S/C10H22N2O2.ClH/c1-4-14-6-5-12-10(13)9(11)7-8(2)3;/h8-9H,4-7,11H2,1-3H3,(H,12,13);1H/t9-;/m0./s1. The zero-order valence-electron chi connectivity index (χ0n) is 9.79. The Kier molecular flexibility index (Phi) is 11.6. The van der Waals surface area contributed by atoms with Crippen molar-refractivity contribution in [3.63, 3.8) is 0 Å². The lowest BCUT2D eigenvalue weighted by molar-refractivity contribution is -0.122. The number of halogens is 1. The number of rotatable bonds is 7. The van der Waals surface area contributed by atoms with Crippen molar-refractivity contribution in [2.45, 2.75) is 33.2 Å². The number of nitrogens with one attached hydrogen (secondary N) is 1. The van der Waals surface area contributed by atoms with Crippen molar-refractivity contribution in [3.8, 4) is 0 Å². The number of ether oxygens (including phenoxy) is 1. The predicted molar refractivity (Wildman–Crippen MR) is 64.2 cm³/mol. The van der Waals surface area contributed by atoms with Gasteiger partial charge in [-0.15, -0.1) is 12.4 Å². The van der Waals surface area contributed by atoms with Gasteiger partial charge >= 0.3 is 0 Å². The Labute approximate surface area is 98.3 Å². The number of nitrogens with two attached hydrogens (primary N) is 1. The van der Waals surface area contributed by atoms with E-state index in [9.17, 15) is 4.79 Å². The predicted octanol–water partition coefficient (Wildman–Crippen LogP) is 0.934. The smallest absolute Gasteiger partial charge is 0.237 e. The first-order valence-electron chi connectivity index (χ1n) is 5.19. The third kappa shape index (κ3) is 9.97. The highest BCUT2D eigenvalue weighted by Gasteiger charge is 2.13. The van der Waals surface area contributed by atoms with Crippen LogP contribution in [-0.4, -0.2) is 31.7 Å². The maximum atomic E-state index is 11.3. The van der Waals surface area contributed by atoms with Crippen LogP contribution in [0, 0.1) is 5.92 Å². The summed E-state index contributed by atoms with van der Waals surface area (Å²) in [5.41, 5.74) is 5.68. The average Bonchev–Trinajstić information content (AvgIpc) is 2.11. The van der Waals surface area contributed by atoms with Crippen LogP contribution in [0.2, 0.25) is 0 Å². The minimum atomic E-state index is -0.392. The van der Waals surface area contributed by atoms with Crippen LogP contribution >= 0.6 is 12.4 Å². The molecule has 5 heteroatoms. The van der Waals surface area contributed by atoms with Gasteiger partial charge in [-0.3, -0.25) is 4.79 Å². The van der Waals surface area contributed by atoms with Crippen molar-refractivity contribution < 1.29 is 9.53 Å². The van der Waals surface area contributed by atoms with E-state index in [1.165, 1.54) is 0 Å². The highest BCUT2D eigenvalue weighted by molar-refractivity contribution is 5.85. The maximum Gasteiger partial charge on any atom is 0.237 e. The summed E-state index contributed by atoms with van der Waals surface area (Å²) in [6, 6.07) is -0.392. The first-order valence-corrected chi connectivity index (χ1v) is 5.19. The van der Waals surface area contributed by atoms with Crippen LogP contribution < -0.4 is 11.1 Å². The van der Waals surface area contributed by atoms with E-state index in [1.54, 1.807) is 0 Å². The maximum absolute atomic E-state index is 11.3. The Morgan fingerprint density at radius 1 is 1.47 bits per heavy atom. The van der Waals surface area contributed by atoms with Gasteiger partial charge in [-0.05, 0) is 19.3 Å². The lowest BCUT2D eigenvalue weighted by Gasteiger charge is -2.13. The van der Waals surface area contributed by atoms with E-state index in [4.69, 9.17) is 10.5 Å². The molecule has 0 aliphatic carbocycles. The van der Waals surface area contributed by atoms with Crippen LogP contribution in [0.15, 0.2) is 0 Å². The molecule has 0 aromatic carbocycles. The highest BCUT2D eigenvalue weighted by atomic mass is 35.5. The molecule has 0 rings (SSSR count). The fourth-order valence-electron chi connectivity index (χ4n) is 1.14. The van der Waals surface area contributed by atoms with Crippen molar-refractivity contribution in [2.24, 2.45) is 11.7 Å². The molecule has 0 spiro atoms. The largest absolute Gasteiger partial charge is 0.380 e. The minimum absolute atomic E-state index is 0. The zero-order valence-corrected chi connectivity index (χ0v) is 10.6. The molecule has 0 saturated carbocycles. The number of carbonyl (C=O) groups is 1. The Morgan fingerprint density at radius 2 is 2.07 bits per heavy atom. The first-order chi connectivity index (χ1) is 6.57. The minimum Gasteiger partial charge on any atom is -0.380 e. The molecule has 1 atom stereocenters. The van der Waals surface area contributed by atoms with Crippen molar-refractivity contribution in [1.82, 2.24) is 5.32 Å². The van der Waals surface area contributed by atoms with Crippen LogP contribution in [0.3, 0.4) is 0 Å². The number of carbonyl (C=O) groups excluding carboxylic acids is 1. The highest BCUT2D eigenvalue weighted by Crippen LogP contribution is 2.01. The molecule has 0 heterocycles. The summed E-state index contributed by atoms with van der Waals surface area (Å²) in [5.74, 6) is 0.362. The van der Waals surface area contributed by atoms with Gasteiger partial charge in [-0.1, -0.05) is 13.8 Å². The molecule has 3 N–H and O–H groups in total. The van der Waals surface area contributed by atoms with E-state index >= 15 is 0 Å². The molecule has 0 unspecified atom stereocenters. The second-order valence-corrected chi connectivity index (χ2v) is 3.72. The normalized spacial score (nSPS) is 12.1. The number of hydrogen-bond donors (Lipinski definition) is 2. The Morgan fingerprint density at radius 3 is 2.53 bits per heavy atom. The fourth-order valence-corrected chi connectivity index (χ4v) is 1.14. The summed E-state index contributed by atoms with van der Waals surface area (Å²) in [6.45, 7) is 7.79. The molecule has 0 fully saturated rings. The summed E-state index contributed by atoms with van der Waals surface area (Å²) < 4.78 is 5.09. The average molecular weight is 239 g/mol. The SMILES string of the molecule is CCOCCNC(=O)[C@@H](N)CC(C)C.Cl. The molecule has 1 amide bonds. The molecule has 0 aliphatic rings. The van der Waals surface area contributed by atoms with E-state index in [0.717, 1.165) is 6.42 Å². The lowest BCUT2D eigenvalue weighted by Crippen LogP contribution is -2.42. The molecule has 0 saturated heterocycles. The van der Waals surface area contributed by atoms with Gasteiger partial charge in [0, 0.05) is 13.2 Å². The van der Waals surface area contributed by atoms with Crippen molar-refractivity contribution >= 4 is 18.3 Å². The van der Waals surface area contributed by atoms with Crippen molar-refractivity contribution in [1.29, 1.82) is 0 Å². The van der Waals surface area contributed by atoms with Crippen LogP contribution in [0.1, 0.15) is 27.2 Å². The fraction of sp³-hybridized carbons (Fsp3) is 0.900. The summed E-state index contributed by atoms with van der Waals surface area (Å²) in [7, 11) is 0. The van der Waals surface area contributed by atoms with E-state index in [2.05, 4.69) is 5.32 Å². The van der Waals surface area contributed by atoms with Gasteiger partial charge in [0.25, 0.3) is 0 Å². The number of amides is 1. The van der Waals surface area contributed by atoms with Crippen molar-refractivity contribution in [3.05, 3.63) is 0 Å². The van der Waals surface area contributed by atoms with E-state index < -0.39 is 6.04 Å². The summed E-state index contributed by atoms with van der Waals surface area (Å²) in [6.07, 6.45) is 0.723. The molecule has 15 heavy (non-hydrogen) atoms. The zero-order chi connectivity index (χ0) is 11.0. The third-order valence-corrected chi connectivity index (χ3v) is 1.81. The number of hydrogen-bond acceptors (Lipinski definition) is 3. The summed E-state index contributed by atoms with van der Waals surface area (Å²) in [4.78, 5) is 11.3. The Bertz CT molecular complexity index is 166. The third-order valence-electron chi connectivity index (χ3n) is 1.81. The molecule has 0 bridgehead atoms. The van der Waals surface area contributed by atoms with E-state index in [0.29, 0.717) is 25.7 Å². The van der Waals surface area contributed by atoms with Gasteiger partial charge < -0.3 is 15.8 Å². The Balaban J connectivity index is 0. The first kappa shape index (κ1) is 17.1. The van der Waals surface area contributed by atoms with Gasteiger partial charge in [0.2, 0.25) is 5.91 Å². The second-order valence-electron chi connectivity index (χ2n) is 3.72. The molecule has 0 aliphatic heterocycles. The quantitative estimate of drug-likeness (QED) is 0.649. The summed E-state index contributed by atoms with van der Waals surface area (Å²) >= 11 is 0. The van der Waals surface area contributed by atoms with Gasteiger partial charge in [0.05, 0.1) is 12.6 Å². The van der Waals surface area contributed by atoms with E-state index in [1.807, 2.05) is 20.8 Å². The van der Waals surface area contributed by atoms with Gasteiger partial charge in [0.1, 0.15) is 0 Å². The van der Waals surface area contributed by atoms with Gasteiger partial charge in [0.15, 0.2) is 0 Å². The van der Waals surface area contributed by atoms with E-state index in [-0.39, 0.29) is 18.3 Å². The topological polar surface area (TPSA) is 64.3 Å². The molecular formula is C10H23ClN2O2.